The summed E-state index contributed by atoms with van der Waals surface area (Å²) >= 11 is 1.72. The second-order valence-corrected chi connectivity index (χ2v) is 8.92. The number of hydrogen-bond acceptors (Lipinski definition) is 3. The van der Waals surface area contributed by atoms with Gasteiger partial charge >= 0.3 is 0 Å². The molecule has 0 aliphatic carbocycles. The topological polar surface area (TPSA) is 43.3 Å². The van der Waals surface area contributed by atoms with E-state index in [1.165, 1.54) is 21.7 Å². The molecule has 0 bridgehead atoms. The Labute approximate surface area is 158 Å². The van der Waals surface area contributed by atoms with Gasteiger partial charge in [-0.3, -0.25) is 4.40 Å². The number of aromatic nitrogens is 2. The summed E-state index contributed by atoms with van der Waals surface area (Å²) < 4.78 is 2.20. The summed E-state index contributed by atoms with van der Waals surface area (Å²) in [7, 11) is 0. The molecule has 2 aromatic carbocycles. The highest BCUT2D eigenvalue weighted by atomic mass is 32.1. The van der Waals surface area contributed by atoms with Gasteiger partial charge in [0.25, 0.3) is 0 Å². The monoisotopic (exact) mass is 361 g/mol. The number of thiazole rings is 1. The van der Waals surface area contributed by atoms with E-state index in [1.54, 1.807) is 11.3 Å². The molecule has 4 rings (SSSR count). The first kappa shape index (κ1) is 16.9. The van der Waals surface area contributed by atoms with E-state index in [2.05, 4.69) is 62.6 Å². The largest absolute Gasteiger partial charge is 0.399 e. The summed E-state index contributed by atoms with van der Waals surface area (Å²) in [5.74, 6) is 0. The molecule has 0 amide bonds. The van der Waals surface area contributed by atoms with Crippen molar-refractivity contribution >= 4 is 22.0 Å². The summed E-state index contributed by atoms with van der Waals surface area (Å²) in [5.41, 5.74) is 12.6. The number of nitrogen functional groups attached to an aromatic ring is 1. The van der Waals surface area contributed by atoms with Crippen LogP contribution in [0.1, 0.15) is 31.2 Å². The molecule has 0 aliphatic heterocycles. The summed E-state index contributed by atoms with van der Waals surface area (Å²) in [5, 5.41) is 0. The van der Waals surface area contributed by atoms with Crippen LogP contribution in [-0.2, 0) is 5.41 Å². The molecule has 2 heterocycles. The van der Waals surface area contributed by atoms with Crippen molar-refractivity contribution in [2.24, 2.45) is 0 Å². The van der Waals surface area contributed by atoms with Crippen molar-refractivity contribution in [2.75, 3.05) is 5.73 Å². The van der Waals surface area contributed by atoms with Crippen molar-refractivity contribution < 1.29 is 0 Å². The molecule has 3 nitrogen and oxygen atoms in total. The van der Waals surface area contributed by atoms with Crippen molar-refractivity contribution in [2.45, 2.75) is 33.1 Å². The summed E-state index contributed by atoms with van der Waals surface area (Å²) in [6, 6.07) is 16.8. The van der Waals surface area contributed by atoms with Gasteiger partial charge in [-0.05, 0) is 35.6 Å². The highest BCUT2D eigenvalue weighted by Gasteiger charge is 2.17. The van der Waals surface area contributed by atoms with Crippen molar-refractivity contribution in [3.8, 4) is 22.5 Å². The Morgan fingerprint density at radius 3 is 2.38 bits per heavy atom. The number of rotatable bonds is 2. The molecule has 2 aromatic heterocycles. The quantitative estimate of drug-likeness (QED) is 0.450. The molecule has 132 valence electrons. The summed E-state index contributed by atoms with van der Waals surface area (Å²) in [6.07, 6.45) is 2.11. The Morgan fingerprint density at radius 2 is 1.73 bits per heavy atom. The van der Waals surface area contributed by atoms with E-state index in [0.29, 0.717) is 0 Å². The molecule has 2 N–H and O–H groups in total. The minimum absolute atomic E-state index is 0.160. The fourth-order valence-corrected chi connectivity index (χ4v) is 4.23. The van der Waals surface area contributed by atoms with Crippen LogP contribution >= 0.6 is 11.3 Å². The highest BCUT2D eigenvalue weighted by Crippen LogP contribution is 2.34. The van der Waals surface area contributed by atoms with Crippen LogP contribution in [-0.4, -0.2) is 9.38 Å². The number of benzene rings is 2. The van der Waals surface area contributed by atoms with Crippen LogP contribution in [0.4, 0.5) is 5.69 Å². The van der Waals surface area contributed by atoms with Gasteiger partial charge in [0.1, 0.15) is 0 Å². The van der Waals surface area contributed by atoms with E-state index in [9.17, 15) is 0 Å². The number of imidazole rings is 1. The van der Waals surface area contributed by atoms with E-state index in [4.69, 9.17) is 10.7 Å². The maximum Gasteiger partial charge on any atom is 0.194 e. The standard InChI is InChI=1S/C22H23N3S/c1-14-20(15-8-10-17(11-9-15)22(2,3)4)25-13-19(24-21(25)26-14)16-6-5-7-18(23)12-16/h5-13H,23H2,1-4H3. The van der Waals surface area contributed by atoms with Crippen molar-refractivity contribution in [1.82, 2.24) is 9.38 Å². The van der Waals surface area contributed by atoms with Gasteiger partial charge < -0.3 is 5.73 Å². The van der Waals surface area contributed by atoms with Gasteiger partial charge in [-0.1, -0.05) is 57.2 Å². The molecule has 0 aliphatic rings. The van der Waals surface area contributed by atoms with E-state index < -0.39 is 0 Å². The van der Waals surface area contributed by atoms with E-state index in [0.717, 1.165) is 21.9 Å². The van der Waals surface area contributed by atoms with Crippen LogP contribution in [0.5, 0.6) is 0 Å². The predicted octanol–water partition coefficient (Wildman–Crippen LogP) is 5.92. The fourth-order valence-electron chi connectivity index (χ4n) is 3.26. The molecule has 26 heavy (non-hydrogen) atoms. The number of aryl methyl sites for hydroxylation is 1. The number of nitrogens with zero attached hydrogens (tertiary/aromatic N) is 2. The zero-order chi connectivity index (χ0) is 18.5. The van der Waals surface area contributed by atoms with Crippen LogP contribution in [0.25, 0.3) is 27.5 Å². The normalized spacial score (nSPS) is 12.0. The first-order valence-electron chi connectivity index (χ1n) is 8.78. The summed E-state index contributed by atoms with van der Waals surface area (Å²) in [4.78, 5) is 7.10. The molecule has 0 fully saturated rings. The van der Waals surface area contributed by atoms with Crippen LogP contribution in [0, 0.1) is 6.92 Å². The van der Waals surface area contributed by atoms with Gasteiger partial charge in [0.05, 0.1) is 11.4 Å². The van der Waals surface area contributed by atoms with Gasteiger partial charge in [-0.25, -0.2) is 4.98 Å². The minimum Gasteiger partial charge on any atom is -0.399 e. The molecular formula is C22H23N3S. The Balaban J connectivity index is 1.81. The van der Waals surface area contributed by atoms with Gasteiger partial charge in [0.2, 0.25) is 0 Å². The highest BCUT2D eigenvalue weighted by molar-refractivity contribution is 7.17. The van der Waals surface area contributed by atoms with Crippen LogP contribution < -0.4 is 5.73 Å². The molecule has 0 radical (unpaired) electrons. The molecule has 4 aromatic rings. The molecule has 4 heteroatoms. The third kappa shape index (κ3) is 2.90. The number of fused-ring (bicyclic) bond motifs is 1. The van der Waals surface area contributed by atoms with Gasteiger partial charge in [-0.2, -0.15) is 0 Å². The van der Waals surface area contributed by atoms with Crippen LogP contribution in [0.3, 0.4) is 0 Å². The zero-order valence-electron chi connectivity index (χ0n) is 15.6. The van der Waals surface area contributed by atoms with Crippen molar-refractivity contribution in [3.63, 3.8) is 0 Å². The number of nitrogens with two attached hydrogens (primary N) is 1. The SMILES string of the molecule is Cc1sc2nc(-c3cccc(N)c3)cn2c1-c1ccc(C(C)(C)C)cc1. The lowest BCUT2D eigenvalue weighted by atomic mass is 9.86. The average molecular weight is 362 g/mol. The maximum absolute atomic E-state index is 5.93. The second kappa shape index (κ2) is 5.99. The lowest BCUT2D eigenvalue weighted by Crippen LogP contribution is -2.10. The minimum atomic E-state index is 0.160. The second-order valence-electron chi connectivity index (χ2n) is 7.74. The van der Waals surface area contributed by atoms with Crippen molar-refractivity contribution in [1.29, 1.82) is 0 Å². The number of anilines is 1. The molecule has 0 saturated carbocycles. The van der Waals surface area contributed by atoms with E-state index >= 15 is 0 Å². The smallest absolute Gasteiger partial charge is 0.194 e. The molecule has 0 atom stereocenters. The molecular weight excluding hydrogens is 338 g/mol. The van der Waals surface area contributed by atoms with Crippen LogP contribution in [0.15, 0.2) is 54.7 Å². The third-order valence-electron chi connectivity index (χ3n) is 4.70. The molecule has 0 saturated heterocycles. The first-order chi connectivity index (χ1) is 12.3. The predicted molar refractivity (Wildman–Crippen MR) is 112 cm³/mol. The zero-order valence-corrected chi connectivity index (χ0v) is 16.4. The summed E-state index contributed by atoms with van der Waals surface area (Å²) in [6.45, 7) is 8.88. The van der Waals surface area contributed by atoms with Gasteiger partial charge in [0.15, 0.2) is 4.96 Å². The third-order valence-corrected chi connectivity index (χ3v) is 5.67. The lowest BCUT2D eigenvalue weighted by Gasteiger charge is -2.19. The average Bonchev–Trinajstić information content (AvgIpc) is 3.11. The molecule has 0 spiro atoms. The van der Waals surface area contributed by atoms with E-state index in [1.807, 2.05) is 24.3 Å². The first-order valence-corrected chi connectivity index (χ1v) is 9.60. The van der Waals surface area contributed by atoms with Crippen molar-refractivity contribution in [3.05, 3.63) is 65.2 Å². The Morgan fingerprint density at radius 1 is 1.00 bits per heavy atom. The van der Waals surface area contributed by atoms with Gasteiger partial charge in [0, 0.05) is 22.3 Å². The Hall–Kier alpha value is -2.59. The van der Waals surface area contributed by atoms with Crippen LogP contribution in [0.2, 0.25) is 0 Å². The lowest BCUT2D eigenvalue weighted by molar-refractivity contribution is 0.590. The maximum atomic E-state index is 5.93. The Kier molecular flexibility index (Phi) is 3.88. The van der Waals surface area contributed by atoms with E-state index in [-0.39, 0.29) is 5.41 Å². The fraction of sp³-hybridized carbons (Fsp3) is 0.227. The Bertz CT molecular complexity index is 1080. The molecule has 0 unspecified atom stereocenters. The van der Waals surface area contributed by atoms with Gasteiger partial charge in [-0.15, -0.1) is 11.3 Å². The number of hydrogen-bond donors (Lipinski definition) is 1.